The summed E-state index contributed by atoms with van der Waals surface area (Å²) in [6.45, 7) is 7.64. The van der Waals surface area contributed by atoms with Crippen LogP contribution in [0.25, 0.3) is 16.9 Å². The van der Waals surface area contributed by atoms with E-state index < -0.39 is 5.60 Å². The number of likely N-dealkylation sites (tertiary alicyclic amines) is 1. The molecule has 0 saturated carbocycles. The number of hydrogen-bond acceptors (Lipinski definition) is 7. The van der Waals surface area contributed by atoms with E-state index in [4.69, 9.17) is 4.52 Å². The summed E-state index contributed by atoms with van der Waals surface area (Å²) < 4.78 is 21.5. The Morgan fingerprint density at radius 3 is 2.68 bits per heavy atom. The topological polar surface area (TPSA) is 92.2 Å². The number of fused-ring (bicyclic) bond motifs is 1. The Hall–Kier alpha value is -2.36. The molecule has 8 nitrogen and oxygen atoms in total. The third-order valence-corrected chi connectivity index (χ3v) is 6.68. The summed E-state index contributed by atoms with van der Waals surface area (Å²) in [5.41, 5.74) is 0.0845. The molecule has 2 saturated heterocycles. The molecular weight excluding hydrogens is 399 g/mol. The van der Waals surface area contributed by atoms with Crippen molar-refractivity contribution in [3.8, 4) is 5.95 Å². The summed E-state index contributed by atoms with van der Waals surface area (Å²) in [5, 5.41) is 23.8. The first kappa shape index (κ1) is 20.5. The van der Waals surface area contributed by atoms with Crippen LogP contribution in [0.1, 0.15) is 57.0 Å². The number of rotatable bonds is 4. The molecule has 9 heteroatoms. The van der Waals surface area contributed by atoms with Gasteiger partial charge in [0.15, 0.2) is 0 Å². The molecule has 0 aliphatic carbocycles. The smallest absolute Gasteiger partial charge is 0.291 e. The summed E-state index contributed by atoms with van der Waals surface area (Å²) in [5.74, 6) is 0.140. The van der Waals surface area contributed by atoms with Crippen molar-refractivity contribution >= 4 is 10.9 Å². The van der Waals surface area contributed by atoms with Crippen LogP contribution < -0.4 is 5.32 Å². The lowest BCUT2D eigenvalue weighted by molar-refractivity contribution is -0.0594. The summed E-state index contributed by atoms with van der Waals surface area (Å²) in [6, 6.07) is 5.44. The van der Waals surface area contributed by atoms with Crippen molar-refractivity contribution in [1.29, 1.82) is 0 Å². The van der Waals surface area contributed by atoms with Crippen molar-refractivity contribution in [2.24, 2.45) is 0 Å². The van der Waals surface area contributed by atoms with Crippen LogP contribution in [0.4, 0.5) is 4.39 Å². The van der Waals surface area contributed by atoms with E-state index in [1.165, 1.54) is 10.7 Å². The molecule has 1 aromatic carbocycles. The Kier molecular flexibility index (Phi) is 5.27. The molecule has 2 aliphatic rings. The van der Waals surface area contributed by atoms with Gasteiger partial charge in [0, 0.05) is 19.1 Å². The summed E-state index contributed by atoms with van der Waals surface area (Å²) in [4.78, 5) is 6.95. The fourth-order valence-electron chi connectivity index (χ4n) is 4.85. The minimum absolute atomic E-state index is 0.0375. The standard InChI is InChI=1S/C22H29FN6O2/c1-14(2)19-18-16(23)4-3-5-17(18)29(26-19)21-25-20(31-27-21)22(30)8-12-28(13-9-22)15-6-10-24-11-7-15/h3-5,14-15,24,30H,6-13H2,1-2H3. The molecule has 2 aromatic heterocycles. The van der Waals surface area contributed by atoms with E-state index in [0.29, 0.717) is 35.5 Å². The maximum Gasteiger partial charge on any atom is 0.291 e. The molecule has 2 fully saturated rings. The number of nitrogens with zero attached hydrogens (tertiary/aromatic N) is 5. The highest BCUT2D eigenvalue weighted by Crippen LogP contribution is 2.34. The van der Waals surface area contributed by atoms with Crippen LogP contribution >= 0.6 is 0 Å². The van der Waals surface area contributed by atoms with Gasteiger partial charge in [0.2, 0.25) is 0 Å². The van der Waals surface area contributed by atoms with Crippen LogP contribution in [0.15, 0.2) is 22.7 Å². The van der Waals surface area contributed by atoms with E-state index in [-0.39, 0.29) is 23.6 Å². The van der Waals surface area contributed by atoms with Gasteiger partial charge in [-0.2, -0.15) is 14.8 Å². The zero-order valence-corrected chi connectivity index (χ0v) is 18.0. The first-order valence-electron chi connectivity index (χ1n) is 11.1. The Balaban J connectivity index is 1.40. The number of benzene rings is 1. The van der Waals surface area contributed by atoms with Gasteiger partial charge in [0.25, 0.3) is 11.8 Å². The van der Waals surface area contributed by atoms with Gasteiger partial charge in [0.05, 0.1) is 16.6 Å². The molecule has 0 unspecified atom stereocenters. The minimum atomic E-state index is -1.15. The molecular formula is C22H29FN6O2. The Bertz CT molecular complexity index is 1060. The van der Waals surface area contributed by atoms with Gasteiger partial charge in [-0.1, -0.05) is 19.9 Å². The molecule has 31 heavy (non-hydrogen) atoms. The maximum absolute atomic E-state index is 14.5. The van der Waals surface area contributed by atoms with Crippen LogP contribution in [0.2, 0.25) is 0 Å². The maximum atomic E-state index is 14.5. The van der Waals surface area contributed by atoms with E-state index in [9.17, 15) is 9.50 Å². The molecule has 0 radical (unpaired) electrons. The van der Waals surface area contributed by atoms with Crippen LogP contribution in [0.5, 0.6) is 0 Å². The van der Waals surface area contributed by atoms with Crippen molar-refractivity contribution in [1.82, 2.24) is 30.1 Å². The summed E-state index contributed by atoms with van der Waals surface area (Å²) >= 11 is 0. The number of halogens is 1. The predicted octanol–water partition coefficient (Wildman–Crippen LogP) is 2.71. The molecule has 166 valence electrons. The second-order valence-corrected chi connectivity index (χ2v) is 9.03. The molecule has 0 atom stereocenters. The predicted molar refractivity (Wildman–Crippen MR) is 114 cm³/mol. The second kappa shape index (κ2) is 7.96. The third kappa shape index (κ3) is 3.64. The SMILES string of the molecule is CC(C)c1nn(-c2noc(C3(O)CCN(C4CCNCC4)CC3)n2)c2cccc(F)c12. The van der Waals surface area contributed by atoms with Gasteiger partial charge < -0.3 is 19.8 Å². The number of hydrogen-bond donors (Lipinski definition) is 2. The van der Waals surface area contributed by atoms with Crippen molar-refractivity contribution in [2.45, 2.75) is 57.1 Å². The van der Waals surface area contributed by atoms with Crippen molar-refractivity contribution in [3.05, 3.63) is 35.6 Å². The van der Waals surface area contributed by atoms with Crippen LogP contribution in [0, 0.1) is 5.82 Å². The molecule has 5 rings (SSSR count). The fourth-order valence-corrected chi connectivity index (χ4v) is 4.85. The lowest BCUT2D eigenvalue weighted by atomic mass is 9.89. The van der Waals surface area contributed by atoms with E-state index in [1.807, 2.05) is 13.8 Å². The van der Waals surface area contributed by atoms with Gasteiger partial charge >= 0.3 is 0 Å². The molecule has 0 amide bonds. The minimum Gasteiger partial charge on any atom is -0.380 e. The average molecular weight is 429 g/mol. The van der Waals surface area contributed by atoms with E-state index >= 15 is 0 Å². The number of aliphatic hydroxyl groups is 1. The van der Waals surface area contributed by atoms with Crippen molar-refractivity contribution < 1.29 is 14.0 Å². The first-order chi connectivity index (χ1) is 15.0. The summed E-state index contributed by atoms with van der Waals surface area (Å²) in [6.07, 6.45) is 3.38. The van der Waals surface area contributed by atoms with E-state index in [1.54, 1.807) is 12.1 Å². The van der Waals surface area contributed by atoms with E-state index in [0.717, 1.165) is 39.0 Å². The number of piperidine rings is 2. The molecule has 2 N–H and O–H groups in total. The van der Waals surface area contributed by atoms with Crippen molar-refractivity contribution in [3.63, 3.8) is 0 Å². The zero-order chi connectivity index (χ0) is 21.6. The zero-order valence-electron chi connectivity index (χ0n) is 18.0. The normalized spacial score (nSPS) is 20.7. The number of nitrogens with one attached hydrogen (secondary N) is 1. The Morgan fingerprint density at radius 1 is 1.23 bits per heavy atom. The lowest BCUT2D eigenvalue weighted by Gasteiger charge is -2.41. The highest BCUT2D eigenvalue weighted by atomic mass is 19.1. The second-order valence-electron chi connectivity index (χ2n) is 9.03. The van der Waals surface area contributed by atoms with Crippen molar-refractivity contribution in [2.75, 3.05) is 26.2 Å². The lowest BCUT2D eigenvalue weighted by Crippen LogP contribution is -2.50. The summed E-state index contributed by atoms with van der Waals surface area (Å²) in [7, 11) is 0. The van der Waals surface area contributed by atoms with Crippen LogP contribution in [-0.4, -0.2) is 62.1 Å². The highest BCUT2D eigenvalue weighted by Gasteiger charge is 2.41. The van der Waals surface area contributed by atoms with Gasteiger partial charge in [-0.25, -0.2) is 4.39 Å². The fraction of sp³-hybridized carbons (Fsp3) is 0.591. The third-order valence-electron chi connectivity index (χ3n) is 6.68. The average Bonchev–Trinajstić information content (AvgIpc) is 3.41. The van der Waals surface area contributed by atoms with Gasteiger partial charge in [-0.15, -0.1) is 0 Å². The van der Waals surface area contributed by atoms with Gasteiger partial charge in [-0.3, -0.25) is 0 Å². The largest absolute Gasteiger partial charge is 0.380 e. The Morgan fingerprint density at radius 2 is 1.97 bits per heavy atom. The van der Waals surface area contributed by atoms with E-state index in [2.05, 4.69) is 25.5 Å². The first-order valence-corrected chi connectivity index (χ1v) is 11.1. The van der Waals surface area contributed by atoms with Gasteiger partial charge in [0.1, 0.15) is 11.4 Å². The molecule has 2 aliphatic heterocycles. The molecule has 4 heterocycles. The monoisotopic (exact) mass is 428 g/mol. The quantitative estimate of drug-likeness (QED) is 0.660. The number of aromatic nitrogens is 4. The molecule has 3 aromatic rings. The highest BCUT2D eigenvalue weighted by molar-refractivity contribution is 5.84. The molecule has 0 spiro atoms. The van der Waals surface area contributed by atoms with Gasteiger partial charge in [-0.05, 0) is 62.0 Å². The molecule has 0 bridgehead atoms. The van der Waals surface area contributed by atoms with Crippen LogP contribution in [0.3, 0.4) is 0 Å². The Labute approximate surface area is 180 Å². The van der Waals surface area contributed by atoms with Crippen LogP contribution in [-0.2, 0) is 5.60 Å².